The molecule has 0 bridgehead atoms. The number of carbonyl (C=O) groups excluding carboxylic acids is 3. The van der Waals surface area contributed by atoms with E-state index < -0.39 is 23.7 Å². The first-order valence-corrected chi connectivity index (χ1v) is 10.6. The van der Waals surface area contributed by atoms with E-state index >= 15 is 0 Å². The molecule has 1 heterocycles. The fourth-order valence-electron chi connectivity index (χ4n) is 3.79. The van der Waals surface area contributed by atoms with Crippen molar-refractivity contribution in [3.63, 3.8) is 0 Å². The summed E-state index contributed by atoms with van der Waals surface area (Å²) in [6, 6.07) is 10.4. The molecule has 1 atom stereocenters. The van der Waals surface area contributed by atoms with Gasteiger partial charge in [-0.3, -0.25) is 14.4 Å². The molecule has 3 rings (SSSR count). The summed E-state index contributed by atoms with van der Waals surface area (Å²) in [5, 5.41) is 11.3. The van der Waals surface area contributed by atoms with E-state index in [0.29, 0.717) is 29.4 Å². The first-order valence-electron chi connectivity index (χ1n) is 10.6. The summed E-state index contributed by atoms with van der Waals surface area (Å²) in [5.41, 5.74) is 0.797. The second-order valence-corrected chi connectivity index (χ2v) is 8.02. The highest BCUT2D eigenvalue weighted by Gasteiger charge is 2.46. The minimum atomic E-state index is -0.835. The predicted molar refractivity (Wildman–Crippen MR) is 125 cm³/mol. The van der Waals surface area contributed by atoms with Crippen LogP contribution in [0.3, 0.4) is 0 Å². The number of methoxy groups -OCH3 is 2. The Morgan fingerprint density at radius 1 is 1.03 bits per heavy atom. The molecule has 1 fully saturated rings. The van der Waals surface area contributed by atoms with Crippen molar-refractivity contribution in [2.75, 3.05) is 41.4 Å². The monoisotopic (exact) mass is 468 g/mol. The Kier molecular flexibility index (Phi) is 7.57. The molecule has 0 aromatic heterocycles. The summed E-state index contributed by atoms with van der Waals surface area (Å²) >= 11 is 0. The molecule has 1 aliphatic rings. The summed E-state index contributed by atoms with van der Waals surface area (Å²) in [7, 11) is 6.67. The van der Waals surface area contributed by atoms with Crippen LogP contribution in [0.25, 0.3) is 5.76 Å². The van der Waals surface area contributed by atoms with Crippen molar-refractivity contribution < 1.29 is 33.7 Å². The number of amides is 1. The van der Waals surface area contributed by atoms with Crippen LogP contribution < -0.4 is 14.2 Å². The van der Waals surface area contributed by atoms with Gasteiger partial charge in [0.2, 0.25) is 0 Å². The van der Waals surface area contributed by atoms with E-state index in [1.165, 1.54) is 26.0 Å². The van der Waals surface area contributed by atoms with E-state index in [-0.39, 0.29) is 23.4 Å². The van der Waals surface area contributed by atoms with Gasteiger partial charge in [-0.2, -0.15) is 0 Å². The normalized spacial score (nSPS) is 17.2. The maximum absolute atomic E-state index is 13.1. The van der Waals surface area contributed by atoms with Gasteiger partial charge in [-0.25, -0.2) is 0 Å². The third kappa shape index (κ3) is 5.04. The number of likely N-dealkylation sites (tertiary alicyclic amines) is 1. The molecule has 1 amide bonds. The number of esters is 1. The van der Waals surface area contributed by atoms with Crippen LogP contribution >= 0.6 is 0 Å². The molecule has 2 aromatic carbocycles. The molecular weight excluding hydrogens is 440 g/mol. The molecule has 0 aliphatic carbocycles. The van der Waals surface area contributed by atoms with Crippen LogP contribution in [0.4, 0.5) is 0 Å². The standard InChI is InChI=1S/C25H28N2O7/c1-15(28)34-17-8-6-16(7-9-17)22-21(24(30)25(31)27(22)13-12-26(2)3)23(29)19-11-10-18(32-4)14-20(19)33-5/h6-11,14,22,29H,12-13H2,1-5H3/b23-21-. The molecule has 34 heavy (non-hydrogen) atoms. The molecule has 180 valence electrons. The Balaban J connectivity index is 2.15. The van der Waals surface area contributed by atoms with Crippen LogP contribution in [0, 0.1) is 0 Å². The number of ketones is 1. The molecule has 0 radical (unpaired) electrons. The van der Waals surface area contributed by atoms with Gasteiger partial charge in [0.15, 0.2) is 0 Å². The molecular formula is C25H28N2O7. The van der Waals surface area contributed by atoms with Crippen LogP contribution in [0.1, 0.15) is 24.1 Å². The predicted octanol–water partition coefficient (Wildman–Crippen LogP) is 2.61. The summed E-state index contributed by atoms with van der Waals surface area (Å²) in [4.78, 5) is 40.7. The van der Waals surface area contributed by atoms with Crippen LogP contribution in [0.15, 0.2) is 48.0 Å². The van der Waals surface area contributed by atoms with Crippen LogP contribution in [0.5, 0.6) is 17.2 Å². The largest absolute Gasteiger partial charge is 0.507 e. The van der Waals surface area contributed by atoms with Crippen molar-refractivity contribution in [2.45, 2.75) is 13.0 Å². The number of likely N-dealkylation sites (N-methyl/N-ethyl adjacent to an activating group) is 1. The molecule has 0 saturated carbocycles. The minimum Gasteiger partial charge on any atom is -0.507 e. The van der Waals surface area contributed by atoms with Gasteiger partial charge >= 0.3 is 5.97 Å². The zero-order valence-corrected chi connectivity index (χ0v) is 19.8. The summed E-state index contributed by atoms with van der Waals surface area (Å²) in [6.07, 6.45) is 0. The van der Waals surface area contributed by atoms with Crippen LogP contribution in [-0.4, -0.2) is 74.0 Å². The smallest absolute Gasteiger partial charge is 0.308 e. The van der Waals surface area contributed by atoms with Gasteiger partial charge in [-0.1, -0.05) is 12.1 Å². The number of aliphatic hydroxyl groups excluding tert-OH is 1. The lowest BCUT2D eigenvalue weighted by Crippen LogP contribution is -2.35. The van der Waals surface area contributed by atoms with Gasteiger partial charge in [0.25, 0.3) is 11.7 Å². The van der Waals surface area contributed by atoms with Gasteiger partial charge in [0.1, 0.15) is 23.0 Å². The molecule has 2 aromatic rings. The lowest BCUT2D eigenvalue weighted by atomic mass is 9.95. The summed E-state index contributed by atoms with van der Waals surface area (Å²) < 4.78 is 15.7. The second kappa shape index (κ2) is 10.4. The first-order chi connectivity index (χ1) is 16.2. The number of aliphatic hydroxyl groups is 1. The van der Waals surface area contributed by atoms with Crippen molar-refractivity contribution >= 4 is 23.4 Å². The number of rotatable bonds is 8. The van der Waals surface area contributed by atoms with Gasteiger partial charge < -0.3 is 29.1 Å². The Morgan fingerprint density at radius 2 is 1.68 bits per heavy atom. The highest BCUT2D eigenvalue weighted by molar-refractivity contribution is 6.46. The van der Waals surface area contributed by atoms with E-state index in [1.54, 1.807) is 42.5 Å². The number of ether oxygens (including phenoxy) is 3. The average Bonchev–Trinajstić information content (AvgIpc) is 3.06. The average molecular weight is 469 g/mol. The van der Waals surface area contributed by atoms with Crippen LogP contribution in [0.2, 0.25) is 0 Å². The Hall–Kier alpha value is -3.85. The maximum atomic E-state index is 13.1. The number of hydrogen-bond acceptors (Lipinski definition) is 8. The molecule has 9 heteroatoms. The fraction of sp³-hybridized carbons (Fsp3) is 0.320. The molecule has 1 saturated heterocycles. The van der Waals surface area contributed by atoms with Crippen molar-refractivity contribution in [1.29, 1.82) is 0 Å². The third-order valence-electron chi connectivity index (χ3n) is 5.45. The first kappa shape index (κ1) is 24.8. The minimum absolute atomic E-state index is 0.0486. The zero-order valence-electron chi connectivity index (χ0n) is 19.8. The second-order valence-electron chi connectivity index (χ2n) is 8.02. The molecule has 1 aliphatic heterocycles. The molecule has 1 unspecified atom stereocenters. The number of nitrogens with zero attached hydrogens (tertiary/aromatic N) is 2. The zero-order chi connectivity index (χ0) is 25.0. The van der Waals surface area contributed by atoms with Gasteiger partial charge in [-0.05, 0) is 43.9 Å². The van der Waals surface area contributed by atoms with E-state index in [1.807, 2.05) is 19.0 Å². The number of carbonyl (C=O) groups is 3. The highest BCUT2D eigenvalue weighted by atomic mass is 16.5. The maximum Gasteiger partial charge on any atom is 0.308 e. The number of hydrogen-bond donors (Lipinski definition) is 1. The molecule has 1 N–H and O–H groups in total. The SMILES string of the molecule is COc1ccc(/C(O)=C2/C(=O)C(=O)N(CCN(C)C)C2c2ccc(OC(C)=O)cc2)c(OC)c1. The van der Waals surface area contributed by atoms with E-state index in [0.717, 1.165) is 0 Å². The van der Waals surface area contributed by atoms with E-state index in [9.17, 15) is 19.5 Å². The van der Waals surface area contributed by atoms with Gasteiger partial charge in [0, 0.05) is 26.1 Å². The lowest BCUT2D eigenvalue weighted by Gasteiger charge is -2.26. The van der Waals surface area contributed by atoms with Crippen molar-refractivity contribution in [1.82, 2.24) is 9.80 Å². The number of Topliss-reactive ketones (excluding diaryl/α,β-unsaturated/α-hetero) is 1. The quantitative estimate of drug-likeness (QED) is 0.207. The van der Waals surface area contributed by atoms with E-state index in [4.69, 9.17) is 14.2 Å². The highest BCUT2D eigenvalue weighted by Crippen LogP contribution is 2.41. The van der Waals surface area contributed by atoms with Crippen LogP contribution in [-0.2, 0) is 14.4 Å². The fourth-order valence-corrected chi connectivity index (χ4v) is 3.79. The number of benzene rings is 2. The Morgan fingerprint density at radius 3 is 2.24 bits per heavy atom. The van der Waals surface area contributed by atoms with E-state index in [2.05, 4.69) is 0 Å². The van der Waals surface area contributed by atoms with Gasteiger partial charge in [0.05, 0.1) is 31.4 Å². The Bertz CT molecular complexity index is 1120. The molecule has 0 spiro atoms. The van der Waals surface area contributed by atoms with Crippen molar-refractivity contribution in [2.24, 2.45) is 0 Å². The van der Waals surface area contributed by atoms with Crippen molar-refractivity contribution in [3.05, 3.63) is 59.2 Å². The topological polar surface area (TPSA) is 106 Å². The lowest BCUT2D eigenvalue weighted by molar-refractivity contribution is -0.140. The van der Waals surface area contributed by atoms with Gasteiger partial charge in [-0.15, -0.1) is 0 Å². The third-order valence-corrected chi connectivity index (χ3v) is 5.45. The Labute approximate surface area is 198 Å². The molecule has 9 nitrogen and oxygen atoms in total. The van der Waals surface area contributed by atoms with Crippen molar-refractivity contribution in [3.8, 4) is 17.2 Å². The summed E-state index contributed by atoms with van der Waals surface area (Å²) in [5.74, 6) is -1.17. The summed E-state index contributed by atoms with van der Waals surface area (Å²) in [6.45, 7) is 2.08.